The van der Waals surface area contributed by atoms with Crippen molar-refractivity contribution in [3.63, 3.8) is 0 Å². The van der Waals surface area contributed by atoms with E-state index in [9.17, 15) is 22.0 Å². The number of fused-ring (bicyclic) bond motifs is 1. The highest BCUT2D eigenvalue weighted by Gasteiger charge is 2.61. The molecule has 0 unspecified atom stereocenters. The number of alkyl halides is 5. The van der Waals surface area contributed by atoms with Gasteiger partial charge in [0.15, 0.2) is 0 Å². The summed E-state index contributed by atoms with van der Waals surface area (Å²) >= 11 is 0. The first kappa shape index (κ1) is 16.7. The van der Waals surface area contributed by atoms with E-state index in [2.05, 4.69) is 0 Å². The van der Waals surface area contributed by atoms with Gasteiger partial charge in [0.25, 0.3) is 0 Å². The van der Waals surface area contributed by atoms with Crippen LogP contribution in [0.15, 0.2) is 42.5 Å². The van der Waals surface area contributed by atoms with Gasteiger partial charge in [0.05, 0.1) is 0 Å². The van der Waals surface area contributed by atoms with Gasteiger partial charge in [0.1, 0.15) is 6.04 Å². The molecule has 0 heterocycles. The fraction of sp³-hybridized carbons (Fsp3) is 0.231. The third-order valence-electron chi connectivity index (χ3n) is 2.90. The predicted octanol–water partition coefficient (Wildman–Crippen LogP) is 4.46. The Morgan fingerprint density at radius 2 is 1.40 bits per heavy atom. The van der Waals surface area contributed by atoms with Crippen LogP contribution in [0.5, 0.6) is 0 Å². The minimum absolute atomic E-state index is 0. The van der Waals surface area contributed by atoms with Crippen molar-refractivity contribution >= 4 is 23.2 Å². The summed E-state index contributed by atoms with van der Waals surface area (Å²) in [6.07, 6.45) is -5.67. The summed E-state index contributed by atoms with van der Waals surface area (Å²) in [5, 5.41) is 1.31. The highest BCUT2D eigenvalue weighted by Crippen LogP contribution is 2.43. The molecule has 110 valence electrons. The third-order valence-corrected chi connectivity index (χ3v) is 2.90. The van der Waals surface area contributed by atoms with E-state index in [0.29, 0.717) is 5.39 Å². The number of hydrogen-bond donors (Lipinski definition) is 1. The summed E-state index contributed by atoms with van der Waals surface area (Å²) in [4.78, 5) is 0. The van der Waals surface area contributed by atoms with Crippen molar-refractivity contribution in [3.8, 4) is 0 Å². The molecule has 2 N–H and O–H groups in total. The van der Waals surface area contributed by atoms with Gasteiger partial charge in [-0.15, -0.1) is 12.4 Å². The van der Waals surface area contributed by atoms with Gasteiger partial charge in [-0.25, -0.2) is 0 Å². The van der Waals surface area contributed by atoms with E-state index in [1.54, 1.807) is 24.3 Å². The van der Waals surface area contributed by atoms with Crippen molar-refractivity contribution in [1.82, 2.24) is 0 Å². The van der Waals surface area contributed by atoms with Crippen molar-refractivity contribution < 1.29 is 22.0 Å². The first-order valence-corrected chi connectivity index (χ1v) is 5.42. The molecular weight excluding hydrogens is 301 g/mol. The lowest BCUT2D eigenvalue weighted by molar-refractivity contribution is -0.290. The molecule has 0 saturated carbocycles. The van der Waals surface area contributed by atoms with E-state index in [1.807, 2.05) is 0 Å². The fourth-order valence-corrected chi connectivity index (χ4v) is 1.79. The zero-order valence-electron chi connectivity index (χ0n) is 9.99. The van der Waals surface area contributed by atoms with E-state index in [0.717, 1.165) is 5.39 Å². The fourth-order valence-electron chi connectivity index (χ4n) is 1.79. The molecule has 0 bridgehead atoms. The normalized spacial score (nSPS) is 13.9. The van der Waals surface area contributed by atoms with Crippen LogP contribution in [0.3, 0.4) is 0 Å². The van der Waals surface area contributed by atoms with Crippen molar-refractivity contribution in [2.24, 2.45) is 5.73 Å². The molecule has 0 amide bonds. The number of benzene rings is 2. The molecule has 1 atom stereocenters. The second-order valence-electron chi connectivity index (χ2n) is 4.20. The van der Waals surface area contributed by atoms with Gasteiger partial charge in [-0.1, -0.05) is 36.4 Å². The molecular formula is C13H11ClF5N. The van der Waals surface area contributed by atoms with Crippen LogP contribution in [0.4, 0.5) is 22.0 Å². The summed E-state index contributed by atoms with van der Waals surface area (Å²) in [6.45, 7) is 0. The smallest absolute Gasteiger partial charge is 0.319 e. The molecule has 0 aliphatic heterocycles. The van der Waals surface area contributed by atoms with E-state index in [-0.39, 0.29) is 18.0 Å². The quantitative estimate of drug-likeness (QED) is 0.814. The molecule has 0 spiro atoms. The average Bonchev–Trinajstić information content (AvgIpc) is 2.36. The van der Waals surface area contributed by atoms with Gasteiger partial charge in [-0.2, -0.15) is 22.0 Å². The van der Waals surface area contributed by atoms with Crippen LogP contribution in [0.2, 0.25) is 0 Å². The first-order chi connectivity index (χ1) is 8.73. The second-order valence-corrected chi connectivity index (χ2v) is 4.20. The van der Waals surface area contributed by atoms with Crippen LogP contribution < -0.4 is 5.73 Å². The maximum Gasteiger partial charge on any atom is 0.455 e. The molecule has 0 fully saturated rings. The van der Waals surface area contributed by atoms with Crippen molar-refractivity contribution in [2.45, 2.75) is 18.1 Å². The van der Waals surface area contributed by atoms with Crippen molar-refractivity contribution in [1.29, 1.82) is 0 Å². The molecule has 0 saturated heterocycles. The Labute approximate surface area is 118 Å². The van der Waals surface area contributed by atoms with Crippen LogP contribution in [-0.4, -0.2) is 12.1 Å². The number of halogens is 6. The summed E-state index contributed by atoms with van der Waals surface area (Å²) in [5.74, 6) is -4.96. The van der Waals surface area contributed by atoms with E-state index < -0.39 is 18.1 Å². The zero-order valence-corrected chi connectivity index (χ0v) is 10.8. The monoisotopic (exact) mass is 311 g/mol. The highest BCUT2D eigenvalue weighted by atomic mass is 35.5. The molecule has 0 aliphatic rings. The Kier molecular flexibility index (Phi) is 4.61. The lowest BCUT2D eigenvalue weighted by Gasteiger charge is -2.26. The molecule has 1 nitrogen and oxygen atoms in total. The maximum absolute atomic E-state index is 13.2. The number of hydrogen-bond acceptors (Lipinski definition) is 1. The minimum atomic E-state index is -5.67. The van der Waals surface area contributed by atoms with Crippen LogP contribution in [0.1, 0.15) is 11.6 Å². The molecule has 2 rings (SSSR count). The summed E-state index contributed by atoms with van der Waals surface area (Å²) in [7, 11) is 0. The largest absolute Gasteiger partial charge is 0.455 e. The first-order valence-electron chi connectivity index (χ1n) is 5.42. The Morgan fingerprint density at radius 1 is 0.850 bits per heavy atom. The Hall–Kier alpha value is -1.40. The van der Waals surface area contributed by atoms with Crippen LogP contribution in [0, 0.1) is 0 Å². The lowest BCUT2D eigenvalue weighted by Crippen LogP contribution is -2.45. The second kappa shape index (κ2) is 5.54. The van der Waals surface area contributed by atoms with E-state index in [1.165, 1.54) is 18.2 Å². The molecule has 2 aromatic rings. The Morgan fingerprint density at radius 3 is 1.95 bits per heavy atom. The molecule has 0 radical (unpaired) electrons. The van der Waals surface area contributed by atoms with Gasteiger partial charge >= 0.3 is 12.1 Å². The van der Waals surface area contributed by atoms with Gasteiger partial charge in [0.2, 0.25) is 0 Å². The molecule has 2 aromatic carbocycles. The summed E-state index contributed by atoms with van der Waals surface area (Å²) in [6, 6.07) is 8.25. The molecule has 0 aliphatic carbocycles. The summed E-state index contributed by atoms with van der Waals surface area (Å²) < 4.78 is 63.1. The zero-order chi connectivity index (χ0) is 14.3. The highest BCUT2D eigenvalue weighted by molar-refractivity contribution is 5.85. The molecule has 7 heteroatoms. The van der Waals surface area contributed by atoms with Gasteiger partial charge in [-0.05, 0) is 22.4 Å². The molecule has 20 heavy (non-hydrogen) atoms. The standard InChI is InChI=1S/C13H10F5N.ClH/c14-12(15,13(16,17)18)11(19)10-6-5-8-3-1-2-4-9(8)7-10;/h1-7,11H,19H2;1H/t11-;/m1./s1. The van der Waals surface area contributed by atoms with Crippen LogP contribution in [0.25, 0.3) is 10.8 Å². The van der Waals surface area contributed by atoms with Crippen LogP contribution >= 0.6 is 12.4 Å². The maximum atomic E-state index is 13.2. The average molecular weight is 312 g/mol. The molecule has 0 aromatic heterocycles. The summed E-state index contributed by atoms with van der Waals surface area (Å²) in [5.41, 5.74) is 4.83. The lowest BCUT2D eigenvalue weighted by atomic mass is 9.98. The Bertz CT molecular complexity index is 597. The van der Waals surface area contributed by atoms with E-state index in [4.69, 9.17) is 5.73 Å². The SMILES string of the molecule is Cl.N[C@H](c1ccc2ccccc2c1)C(F)(F)C(F)(F)F. The minimum Gasteiger partial charge on any atom is -0.319 e. The van der Waals surface area contributed by atoms with Crippen LogP contribution in [-0.2, 0) is 0 Å². The van der Waals surface area contributed by atoms with Crippen molar-refractivity contribution in [3.05, 3.63) is 48.0 Å². The Balaban J connectivity index is 0.00000200. The number of rotatable bonds is 2. The predicted molar refractivity (Wildman–Crippen MR) is 69.1 cm³/mol. The van der Waals surface area contributed by atoms with Gasteiger partial charge < -0.3 is 5.73 Å². The number of nitrogens with two attached hydrogens (primary N) is 1. The third kappa shape index (κ3) is 2.86. The van der Waals surface area contributed by atoms with Gasteiger partial charge in [0, 0.05) is 0 Å². The van der Waals surface area contributed by atoms with Crippen molar-refractivity contribution in [2.75, 3.05) is 0 Å². The van der Waals surface area contributed by atoms with Gasteiger partial charge in [-0.3, -0.25) is 0 Å². The van der Waals surface area contributed by atoms with E-state index >= 15 is 0 Å². The topological polar surface area (TPSA) is 26.0 Å².